The molecule has 4 heteroatoms. The summed E-state index contributed by atoms with van der Waals surface area (Å²) in [4.78, 5) is 11.9. The molecule has 0 unspecified atom stereocenters. The van der Waals surface area contributed by atoms with Crippen LogP contribution in [-0.4, -0.2) is 22.0 Å². The lowest BCUT2D eigenvalue weighted by molar-refractivity contribution is 0.00548. The Bertz CT molecular complexity index is 387. The van der Waals surface area contributed by atoms with Crippen LogP contribution < -0.4 is 0 Å². The van der Waals surface area contributed by atoms with Gasteiger partial charge < -0.3 is 4.74 Å². The molecule has 18 heavy (non-hydrogen) atoms. The van der Waals surface area contributed by atoms with Crippen LogP contribution in [0.2, 0.25) is 0 Å². The molecule has 1 aromatic rings. The van der Waals surface area contributed by atoms with E-state index in [-0.39, 0.29) is 12.2 Å². The van der Waals surface area contributed by atoms with Gasteiger partial charge in [-0.05, 0) is 36.7 Å². The summed E-state index contributed by atoms with van der Waals surface area (Å²) < 4.78 is 6.90. The Balaban J connectivity index is 2.02. The number of nitrogens with zero attached hydrogens (tertiary/aromatic N) is 2. The maximum atomic E-state index is 11.9. The molecule has 0 radical (unpaired) electrons. The molecule has 1 saturated carbocycles. The zero-order chi connectivity index (χ0) is 13.1. The molecule has 3 atom stereocenters. The molecule has 1 fully saturated rings. The van der Waals surface area contributed by atoms with Crippen LogP contribution in [0.15, 0.2) is 18.5 Å². The highest BCUT2D eigenvalue weighted by Gasteiger charge is 2.33. The van der Waals surface area contributed by atoms with Crippen LogP contribution in [0.4, 0.5) is 4.79 Å². The fourth-order valence-electron chi connectivity index (χ4n) is 2.81. The molecular formula is C14H22N2O2. The minimum atomic E-state index is -0.357. The topological polar surface area (TPSA) is 44.1 Å². The molecule has 0 N–H and O–H groups in total. The number of ether oxygens (including phenoxy) is 1. The third-order valence-electron chi connectivity index (χ3n) is 3.90. The standard InChI is InChI=1S/C14H22N2O2/c1-10(2)12-6-5-11(3)9-13(12)18-14(17)16-8-4-7-15-16/h4,7-8,10-13H,5-6,9H2,1-3H3/t11-,12+,13-/m1/s1. The summed E-state index contributed by atoms with van der Waals surface area (Å²) in [5, 5.41) is 3.91. The molecule has 2 rings (SSSR count). The van der Waals surface area contributed by atoms with E-state index in [1.165, 1.54) is 11.1 Å². The Morgan fingerprint density at radius 1 is 1.44 bits per heavy atom. The van der Waals surface area contributed by atoms with E-state index in [0.717, 1.165) is 12.8 Å². The largest absolute Gasteiger partial charge is 0.444 e. The maximum Gasteiger partial charge on any atom is 0.434 e. The van der Waals surface area contributed by atoms with Gasteiger partial charge in [-0.3, -0.25) is 0 Å². The number of rotatable bonds is 2. The van der Waals surface area contributed by atoms with Crippen molar-refractivity contribution >= 4 is 6.09 Å². The Morgan fingerprint density at radius 3 is 2.83 bits per heavy atom. The number of aromatic nitrogens is 2. The fourth-order valence-corrected chi connectivity index (χ4v) is 2.81. The first-order valence-electron chi connectivity index (χ1n) is 6.78. The molecule has 0 saturated heterocycles. The summed E-state index contributed by atoms with van der Waals surface area (Å²) in [7, 11) is 0. The van der Waals surface area contributed by atoms with Crippen molar-refractivity contribution in [2.24, 2.45) is 17.8 Å². The molecule has 100 valence electrons. The van der Waals surface area contributed by atoms with Gasteiger partial charge in [-0.25, -0.2) is 4.79 Å². The van der Waals surface area contributed by atoms with Gasteiger partial charge in [-0.2, -0.15) is 9.78 Å². The van der Waals surface area contributed by atoms with E-state index in [9.17, 15) is 4.79 Å². The van der Waals surface area contributed by atoms with E-state index in [0.29, 0.717) is 17.8 Å². The first-order valence-corrected chi connectivity index (χ1v) is 6.78. The number of carbonyl (C=O) groups is 1. The van der Waals surface area contributed by atoms with Gasteiger partial charge >= 0.3 is 6.09 Å². The van der Waals surface area contributed by atoms with Crippen molar-refractivity contribution in [3.8, 4) is 0 Å². The van der Waals surface area contributed by atoms with Crippen LogP contribution in [0, 0.1) is 17.8 Å². The lowest BCUT2D eigenvalue weighted by atomic mass is 9.75. The average molecular weight is 250 g/mol. The third-order valence-corrected chi connectivity index (χ3v) is 3.90. The van der Waals surface area contributed by atoms with E-state index < -0.39 is 0 Å². The van der Waals surface area contributed by atoms with E-state index >= 15 is 0 Å². The zero-order valence-corrected chi connectivity index (χ0v) is 11.4. The Morgan fingerprint density at radius 2 is 2.22 bits per heavy atom. The molecule has 0 amide bonds. The molecule has 4 nitrogen and oxygen atoms in total. The predicted molar refractivity (Wildman–Crippen MR) is 69.2 cm³/mol. The summed E-state index contributed by atoms with van der Waals surface area (Å²) in [5.74, 6) is 1.66. The Hall–Kier alpha value is -1.32. The SMILES string of the molecule is CC(C)[C@@H]1CC[C@@H](C)C[C@H]1OC(=O)n1cccn1. The van der Waals surface area contributed by atoms with Crippen LogP contribution in [-0.2, 0) is 4.74 Å². The molecular weight excluding hydrogens is 228 g/mol. The molecule has 1 aliphatic carbocycles. The predicted octanol–water partition coefficient (Wildman–Crippen LogP) is 3.33. The van der Waals surface area contributed by atoms with Gasteiger partial charge in [0.05, 0.1) is 0 Å². The van der Waals surface area contributed by atoms with Crippen molar-refractivity contribution in [3.05, 3.63) is 18.5 Å². The summed E-state index contributed by atoms with van der Waals surface area (Å²) in [6.07, 6.45) is 6.24. The van der Waals surface area contributed by atoms with Crippen LogP contribution >= 0.6 is 0 Å². The second-order valence-corrected chi connectivity index (χ2v) is 5.70. The summed E-state index contributed by atoms with van der Waals surface area (Å²) >= 11 is 0. The summed E-state index contributed by atoms with van der Waals surface area (Å²) in [5.41, 5.74) is 0. The van der Waals surface area contributed by atoms with Crippen LogP contribution in [0.1, 0.15) is 40.0 Å². The van der Waals surface area contributed by atoms with Crippen molar-refractivity contribution in [3.63, 3.8) is 0 Å². The summed E-state index contributed by atoms with van der Waals surface area (Å²) in [6, 6.07) is 1.73. The van der Waals surface area contributed by atoms with Gasteiger partial charge in [0, 0.05) is 12.4 Å². The van der Waals surface area contributed by atoms with E-state index in [4.69, 9.17) is 4.74 Å². The monoisotopic (exact) mass is 250 g/mol. The van der Waals surface area contributed by atoms with E-state index in [1.54, 1.807) is 18.5 Å². The number of hydrogen-bond donors (Lipinski definition) is 0. The van der Waals surface area contributed by atoms with Crippen molar-refractivity contribution in [1.82, 2.24) is 9.78 Å². The number of carbonyl (C=O) groups excluding carboxylic acids is 1. The zero-order valence-electron chi connectivity index (χ0n) is 11.4. The number of hydrogen-bond acceptors (Lipinski definition) is 3. The smallest absolute Gasteiger partial charge is 0.434 e. The maximum absolute atomic E-state index is 11.9. The molecule has 0 aliphatic heterocycles. The van der Waals surface area contributed by atoms with Crippen molar-refractivity contribution in [1.29, 1.82) is 0 Å². The first-order chi connectivity index (χ1) is 8.58. The fraction of sp³-hybridized carbons (Fsp3) is 0.714. The lowest BCUT2D eigenvalue weighted by Crippen LogP contribution is -2.36. The van der Waals surface area contributed by atoms with Gasteiger partial charge in [0.2, 0.25) is 0 Å². The Kier molecular flexibility index (Phi) is 4.04. The van der Waals surface area contributed by atoms with Crippen molar-refractivity contribution < 1.29 is 9.53 Å². The van der Waals surface area contributed by atoms with Crippen molar-refractivity contribution in [2.45, 2.75) is 46.1 Å². The highest BCUT2D eigenvalue weighted by molar-refractivity contribution is 5.69. The van der Waals surface area contributed by atoms with Crippen LogP contribution in [0.3, 0.4) is 0 Å². The second-order valence-electron chi connectivity index (χ2n) is 5.70. The van der Waals surface area contributed by atoms with Crippen molar-refractivity contribution in [2.75, 3.05) is 0 Å². The van der Waals surface area contributed by atoms with Crippen LogP contribution in [0.25, 0.3) is 0 Å². The molecule has 0 bridgehead atoms. The summed E-state index contributed by atoms with van der Waals surface area (Å²) in [6.45, 7) is 6.64. The van der Waals surface area contributed by atoms with Crippen LogP contribution in [0.5, 0.6) is 0 Å². The third kappa shape index (κ3) is 2.92. The first kappa shape index (κ1) is 13.1. The Labute approximate surface area is 108 Å². The normalized spacial score (nSPS) is 28.3. The minimum Gasteiger partial charge on any atom is -0.444 e. The molecule has 1 aliphatic rings. The minimum absolute atomic E-state index is 0.0328. The highest BCUT2D eigenvalue weighted by Crippen LogP contribution is 2.35. The average Bonchev–Trinajstić information content (AvgIpc) is 2.81. The van der Waals surface area contributed by atoms with Gasteiger partial charge in [0.1, 0.15) is 6.10 Å². The second kappa shape index (κ2) is 5.55. The molecule has 1 heterocycles. The van der Waals surface area contributed by atoms with Gasteiger partial charge in [0.25, 0.3) is 0 Å². The van der Waals surface area contributed by atoms with Gasteiger partial charge in [0.15, 0.2) is 0 Å². The van der Waals surface area contributed by atoms with Gasteiger partial charge in [-0.15, -0.1) is 0 Å². The quantitative estimate of drug-likeness (QED) is 0.808. The van der Waals surface area contributed by atoms with Gasteiger partial charge in [-0.1, -0.05) is 27.2 Å². The highest BCUT2D eigenvalue weighted by atomic mass is 16.6. The molecule has 0 aromatic carbocycles. The van der Waals surface area contributed by atoms with E-state index in [1.807, 2.05) is 0 Å². The molecule has 0 spiro atoms. The lowest BCUT2D eigenvalue weighted by Gasteiger charge is -2.36. The van der Waals surface area contributed by atoms with E-state index in [2.05, 4.69) is 25.9 Å². The molecule has 1 aromatic heterocycles.